The lowest BCUT2D eigenvalue weighted by Crippen LogP contribution is -2.06. The minimum Gasteiger partial charge on any atom is -0.354 e. The van der Waals surface area contributed by atoms with Crippen LogP contribution < -0.4 is 0 Å². The molecule has 6 aromatic carbocycles. The predicted molar refractivity (Wildman–Crippen MR) is 187 cm³/mol. The molecule has 0 atom stereocenters. The van der Waals surface area contributed by atoms with Crippen LogP contribution in [0.2, 0.25) is 0 Å². The largest absolute Gasteiger partial charge is 0.354 e. The maximum absolute atomic E-state index is 5.25. The quantitative estimate of drug-likeness (QED) is 0.222. The molecule has 0 spiro atoms. The number of H-pyrrole nitrogens is 1. The average Bonchev–Trinajstić information content (AvgIpc) is 3.78. The highest BCUT2D eigenvalue weighted by molar-refractivity contribution is 7.26. The maximum atomic E-state index is 5.25. The second kappa shape index (κ2) is 9.32. The SMILES string of the molecule is c1ccc(-c2nc(-c3cccc4c3sc3ccccc34)nc(-n3c4ccccc4c4c5[nH]c6ccccc6c5ccc43)n2)cc1. The summed E-state index contributed by atoms with van der Waals surface area (Å²) in [5.41, 5.74) is 6.30. The van der Waals surface area contributed by atoms with Crippen LogP contribution in [0.4, 0.5) is 0 Å². The molecule has 0 radical (unpaired) electrons. The van der Waals surface area contributed by atoms with Gasteiger partial charge in [-0.3, -0.25) is 4.57 Å². The molecule has 10 aromatic rings. The summed E-state index contributed by atoms with van der Waals surface area (Å²) in [5.74, 6) is 1.90. The Morgan fingerprint density at radius 2 is 1.24 bits per heavy atom. The summed E-state index contributed by atoms with van der Waals surface area (Å²) >= 11 is 1.79. The van der Waals surface area contributed by atoms with Gasteiger partial charge in [-0.25, -0.2) is 4.98 Å². The second-order valence-electron chi connectivity index (χ2n) is 11.3. The van der Waals surface area contributed by atoms with Crippen molar-refractivity contribution < 1.29 is 0 Å². The number of benzene rings is 6. The highest BCUT2D eigenvalue weighted by atomic mass is 32.1. The van der Waals surface area contributed by atoms with Crippen molar-refractivity contribution in [3.8, 4) is 28.7 Å². The molecule has 210 valence electrons. The monoisotopic (exact) mass is 593 g/mol. The summed E-state index contributed by atoms with van der Waals surface area (Å²) in [6.45, 7) is 0. The number of nitrogens with zero attached hydrogens (tertiary/aromatic N) is 4. The number of hydrogen-bond donors (Lipinski definition) is 1. The number of nitrogens with one attached hydrogen (secondary N) is 1. The Bertz CT molecular complexity index is 2770. The molecule has 6 heteroatoms. The Labute approximate surface area is 261 Å². The third kappa shape index (κ3) is 3.57. The Morgan fingerprint density at radius 3 is 2.16 bits per heavy atom. The third-order valence-electron chi connectivity index (χ3n) is 8.82. The number of aromatic nitrogens is 5. The van der Waals surface area contributed by atoms with E-state index in [1.54, 1.807) is 11.3 Å². The Balaban J connectivity index is 1.31. The molecule has 0 amide bonds. The average molecular weight is 594 g/mol. The number of thiophene rings is 1. The van der Waals surface area contributed by atoms with Crippen LogP contribution in [0.5, 0.6) is 0 Å². The third-order valence-corrected chi connectivity index (χ3v) is 10.0. The van der Waals surface area contributed by atoms with Gasteiger partial charge in [0.25, 0.3) is 0 Å². The first-order valence-corrected chi connectivity index (χ1v) is 15.8. The van der Waals surface area contributed by atoms with Gasteiger partial charge in [-0.2, -0.15) is 9.97 Å². The summed E-state index contributed by atoms with van der Waals surface area (Å²) < 4.78 is 4.62. The van der Waals surface area contributed by atoms with E-state index in [9.17, 15) is 0 Å². The lowest BCUT2D eigenvalue weighted by atomic mass is 10.1. The van der Waals surface area contributed by atoms with Gasteiger partial charge in [-0.15, -0.1) is 11.3 Å². The van der Waals surface area contributed by atoms with Crippen LogP contribution in [0, 0.1) is 0 Å². The standard InChI is InChI=1S/C39H23N5S/c1-2-11-23(12-3-1)37-41-38(29-17-10-16-27-25-14-6-9-20-33(25)45-36(27)29)43-39(42-37)44-31-19-8-5-15-28(31)34-32(44)22-21-26-24-13-4-7-18-30(24)40-35(26)34/h1-22,40H. The minimum atomic E-state index is 0.596. The normalized spacial score (nSPS) is 12.0. The van der Waals surface area contributed by atoms with Crippen molar-refractivity contribution in [3.63, 3.8) is 0 Å². The van der Waals surface area contributed by atoms with Crippen molar-refractivity contribution in [3.05, 3.63) is 133 Å². The Morgan fingerprint density at radius 1 is 0.511 bits per heavy atom. The molecule has 0 saturated carbocycles. The fraction of sp³-hybridized carbons (Fsp3) is 0. The summed E-state index contributed by atoms with van der Waals surface area (Å²) in [7, 11) is 0. The highest BCUT2D eigenvalue weighted by Gasteiger charge is 2.21. The molecule has 4 heterocycles. The molecule has 0 unspecified atom stereocenters. The smallest absolute Gasteiger partial charge is 0.238 e. The van der Waals surface area contributed by atoms with Gasteiger partial charge >= 0.3 is 0 Å². The van der Waals surface area contributed by atoms with Gasteiger partial charge in [0.2, 0.25) is 5.95 Å². The van der Waals surface area contributed by atoms with E-state index in [0.29, 0.717) is 17.6 Å². The molecule has 0 aliphatic rings. The fourth-order valence-electron chi connectivity index (χ4n) is 6.82. The van der Waals surface area contributed by atoms with E-state index >= 15 is 0 Å². The first-order chi connectivity index (χ1) is 22.3. The van der Waals surface area contributed by atoms with Crippen LogP contribution in [-0.2, 0) is 0 Å². The molecule has 1 N–H and O–H groups in total. The van der Waals surface area contributed by atoms with Gasteiger partial charge in [-0.1, -0.05) is 103 Å². The van der Waals surface area contributed by atoms with E-state index in [1.165, 1.54) is 30.9 Å². The Kier molecular flexibility index (Phi) is 5.09. The van der Waals surface area contributed by atoms with E-state index in [-0.39, 0.29) is 0 Å². The molecule has 4 aromatic heterocycles. The zero-order valence-electron chi connectivity index (χ0n) is 23.9. The van der Waals surface area contributed by atoms with Crippen molar-refractivity contribution >= 4 is 75.1 Å². The van der Waals surface area contributed by atoms with Gasteiger partial charge in [0.05, 0.1) is 16.6 Å². The van der Waals surface area contributed by atoms with Crippen LogP contribution >= 0.6 is 11.3 Å². The second-order valence-corrected chi connectivity index (χ2v) is 12.4. The molecule has 45 heavy (non-hydrogen) atoms. The number of hydrogen-bond acceptors (Lipinski definition) is 4. The van der Waals surface area contributed by atoms with Gasteiger partial charge in [0.15, 0.2) is 11.6 Å². The first kappa shape index (κ1) is 24.6. The predicted octanol–water partition coefficient (Wildman–Crippen LogP) is 10.3. The number of fused-ring (bicyclic) bond motifs is 10. The van der Waals surface area contributed by atoms with Crippen LogP contribution in [0.1, 0.15) is 0 Å². The van der Waals surface area contributed by atoms with Gasteiger partial charge in [-0.05, 0) is 30.3 Å². The summed E-state index contributed by atoms with van der Waals surface area (Å²) in [5, 5.41) is 7.21. The van der Waals surface area contributed by atoms with Crippen molar-refractivity contribution in [1.29, 1.82) is 0 Å². The highest BCUT2D eigenvalue weighted by Crippen LogP contribution is 2.41. The molecular weight excluding hydrogens is 571 g/mol. The zero-order valence-corrected chi connectivity index (χ0v) is 24.7. The minimum absolute atomic E-state index is 0.596. The lowest BCUT2D eigenvalue weighted by molar-refractivity contribution is 0.954. The van der Waals surface area contributed by atoms with E-state index in [1.807, 2.05) is 18.2 Å². The van der Waals surface area contributed by atoms with E-state index in [0.717, 1.165) is 44.0 Å². The van der Waals surface area contributed by atoms with Crippen molar-refractivity contribution in [1.82, 2.24) is 24.5 Å². The topological polar surface area (TPSA) is 59.4 Å². The number of rotatable bonds is 3. The molecular formula is C39H23N5S. The molecule has 0 saturated heterocycles. The van der Waals surface area contributed by atoms with Gasteiger partial charge < -0.3 is 4.98 Å². The maximum Gasteiger partial charge on any atom is 0.238 e. The van der Waals surface area contributed by atoms with Crippen molar-refractivity contribution in [2.45, 2.75) is 0 Å². The summed E-state index contributed by atoms with van der Waals surface area (Å²) in [6, 6.07) is 46.6. The van der Waals surface area contributed by atoms with Crippen molar-refractivity contribution in [2.24, 2.45) is 0 Å². The molecule has 0 bridgehead atoms. The van der Waals surface area contributed by atoms with Crippen LogP contribution in [0.3, 0.4) is 0 Å². The zero-order chi connectivity index (χ0) is 29.5. The fourth-order valence-corrected chi connectivity index (χ4v) is 8.03. The van der Waals surface area contributed by atoms with Crippen LogP contribution in [0.25, 0.3) is 92.5 Å². The molecule has 0 fully saturated rings. The number of aromatic amines is 1. The molecule has 0 aliphatic carbocycles. The van der Waals surface area contributed by atoms with E-state index in [4.69, 9.17) is 15.0 Å². The first-order valence-electron chi connectivity index (χ1n) is 15.0. The summed E-state index contributed by atoms with van der Waals surface area (Å²) in [4.78, 5) is 19.2. The van der Waals surface area contributed by atoms with E-state index in [2.05, 4.69) is 125 Å². The molecule has 5 nitrogen and oxygen atoms in total. The van der Waals surface area contributed by atoms with Crippen molar-refractivity contribution in [2.75, 3.05) is 0 Å². The van der Waals surface area contributed by atoms with Gasteiger partial charge in [0.1, 0.15) is 0 Å². The molecule has 0 aliphatic heterocycles. The molecule has 10 rings (SSSR count). The van der Waals surface area contributed by atoms with Crippen LogP contribution in [-0.4, -0.2) is 24.5 Å². The van der Waals surface area contributed by atoms with E-state index < -0.39 is 0 Å². The summed E-state index contributed by atoms with van der Waals surface area (Å²) in [6.07, 6.45) is 0. The lowest BCUT2D eigenvalue weighted by Gasteiger charge is -2.11. The van der Waals surface area contributed by atoms with Gasteiger partial charge in [0, 0.05) is 58.4 Å². The Hall–Kier alpha value is -5.85. The number of para-hydroxylation sites is 2. The van der Waals surface area contributed by atoms with Crippen LogP contribution in [0.15, 0.2) is 133 Å².